The number of aliphatic hydroxyl groups excluding tert-OH is 1. The molecular weight excluding hydrogens is 436 g/mol. The van der Waals surface area contributed by atoms with E-state index in [9.17, 15) is 9.90 Å². The van der Waals surface area contributed by atoms with E-state index < -0.39 is 17.8 Å². The third kappa shape index (κ3) is 4.91. The van der Waals surface area contributed by atoms with Gasteiger partial charge in [-0.3, -0.25) is 0 Å². The number of nitrogens with zero attached hydrogens (tertiary/aromatic N) is 5. The van der Waals surface area contributed by atoms with Crippen molar-refractivity contribution in [1.82, 2.24) is 19.9 Å². The Hall–Kier alpha value is -2.59. The molecule has 2 N–H and O–H groups in total. The van der Waals surface area contributed by atoms with Crippen molar-refractivity contribution in [2.75, 3.05) is 36.4 Å². The molecule has 4 heterocycles. The molecule has 10 nitrogen and oxygen atoms in total. The Morgan fingerprint density at radius 3 is 2.91 bits per heavy atom. The van der Waals surface area contributed by atoms with Crippen molar-refractivity contribution in [3.63, 3.8) is 0 Å². The number of aliphatic hydroxyl groups is 1. The van der Waals surface area contributed by atoms with Crippen molar-refractivity contribution in [3.05, 3.63) is 28.6 Å². The van der Waals surface area contributed by atoms with Gasteiger partial charge in [-0.05, 0) is 27.7 Å². The number of ether oxygens (including phenoxy) is 1. The van der Waals surface area contributed by atoms with Gasteiger partial charge >= 0.3 is 6.09 Å². The lowest BCUT2D eigenvalue weighted by molar-refractivity contribution is 0.0270. The lowest BCUT2D eigenvalue weighted by atomic mass is 10.1. The van der Waals surface area contributed by atoms with Crippen LogP contribution in [0.3, 0.4) is 0 Å². The topological polar surface area (TPSA) is 117 Å². The number of rotatable bonds is 4. The molecule has 2 aliphatic heterocycles. The highest BCUT2D eigenvalue weighted by Crippen LogP contribution is 2.29. The van der Waals surface area contributed by atoms with Gasteiger partial charge in [-0.25, -0.2) is 14.8 Å². The number of carbonyl (C=O) groups is 1. The summed E-state index contributed by atoms with van der Waals surface area (Å²) >= 11 is 6.46. The number of oxazole rings is 1. The number of nitrogens with one attached hydrogen (secondary N) is 1. The minimum absolute atomic E-state index is 0.176. The summed E-state index contributed by atoms with van der Waals surface area (Å²) in [6, 6.07) is 0. The average Bonchev–Trinajstić information content (AvgIpc) is 3.33. The Labute approximate surface area is 191 Å². The number of amides is 1. The van der Waals surface area contributed by atoms with Crippen LogP contribution in [0.15, 0.2) is 10.8 Å². The monoisotopic (exact) mass is 464 g/mol. The Morgan fingerprint density at radius 1 is 1.38 bits per heavy atom. The summed E-state index contributed by atoms with van der Waals surface area (Å²) in [5.74, 6) is 1.79. The summed E-state index contributed by atoms with van der Waals surface area (Å²) in [4.78, 5) is 29.3. The number of hydrogen-bond donors (Lipinski definition) is 2. The second kappa shape index (κ2) is 8.74. The van der Waals surface area contributed by atoms with Gasteiger partial charge in [-0.2, -0.15) is 4.98 Å². The van der Waals surface area contributed by atoms with E-state index in [0.29, 0.717) is 42.1 Å². The Balaban J connectivity index is 1.42. The van der Waals surface area contributed by atoms with E-state index in [1.54, 1.807) is 0 Å². The van der Waals surface area contributed by atoms with Gasteiger partial charge in [0.25, 0.3) is 0 Å². The zero-order valence-electron chi connectivity index (χ0n) is 18.8. The van der Waals surface area contributed by atoms with Crippen molar-refractivity contribution in [3.8, 4) is 0 Å². The summed E-state index contributed by atoms with van der Waals surface area (Å²) in [5, 5.41) is 14.1. The number of likely N-dealkylation sites (tertiary alicyclic amines) is 1. The molecule has 2 aliphatic rings. The van der Waals surface area contributed by atoms with E-state index in [1.165, 1.54) is 11.3 Å². The van der Waals surface area contributed by atoms with Crippen LogP contribution >= 0.6 is 11.6 Å². The molecule has 4 rings (SSSR count). The van der Waals surface area contributed by atoms with Crippen molar-refractivity contribution < 1.29 is 19.1 Å². The first-order valence-corrected chi connectivity index (χ1v) is 11.1. The summed E-state index contributed by atoms with van der Waals surface area (Å²) in [7, 11) is 0. The summed E-state index contributed by atoms with van der Waals surface area (Å²) in [5.41, 5.74) is 0.966. The van der Waals surface area contributed by atoms with Crippen LogP contribution < -0.4 is 10.2 Å². The normalized spacial score (nSPS) is 20.9. The van der Waals surface area contributed by atoms with Gasteiger partial charge in [0.1, 0.15) is 22.1 Å². The smallest absolute Gasteiger partial charge is 0.410 e. The van der Waals surface area contributed by atoms with Crippen LogP contribution in [0.25, 0.3) is 0 Å². The molecule has 0 radical (unpaired) electrons. The number of aryl methyl sites for hydroxylation is 1. The number of anilines is 2. The SMILES string of the molecule is Cc1nc(N2CCc3ocnc3C2)nc(NC[C@@H]2CN(C(=O)OC(C)(C)C)C[C@@H]2O)c1Cl. The molecule has 0 aliphatic carbocycles. The molecule has 0 saturated carbocycles. The molecule has 2 aromatic rings. The van der Waals surface area contributed by atoms with Crippen LogP contribution in [0, 0.1) is 12.8 Å². The first kappa shape index (κ1) is 22.6. The van der Waals surface area contributed by atoms with E-state index in [0.717, 1.165) is 24.4 Å². The highest BCUT2D eigenvalue weighted by Gasteiger charge is 2.36. The maximum atomic E-state index is 12.3. The molecule has 2 aromatic heterocycles. The Kier molecular flexibility index (Phi) is 6.17. The van der Waals surface area contributed by atoms with Crippen LogP contribution in [-0.4, -0.2) is 68.9 Å². The number of fused-ring (bicyclic) bond motifs is 1. The van der Waals surface area contributed by atoms with Gasteiger partial charge in [-0.1, -0.05) is 11.6 Å². The maximum Gasteiger partial charge on any atom is 0.410 e. The highest BCUT2D eigenvalue weighted by molar-refractivity contribution is 6.33. The van der Waals surface area contributed by atoms with Crippen molar-refractivity contribution in [1.29, 1.82) is 0 Å². The standard InChI is InChI=1S/C21H29ClN6O4/c1-12-17(22)18(26-19(25-12)27-6-5-16-14(9-27)24-11-31-16)23-7-13-8-28(10-15(13)29)20(30)32-21(2,3)4/h11,13,15,29H,5-10H2,1-4H3,(H,23,25,26)/t13-,15+/m1/s1. The first-order valence-electron chi connectivity index (χ1n) is 10.7. The molecule has 1 amide bonds. The van der Waals surface area contributed by atoms with Crippen LogP contribution in [0.1, 0.15) is 37.9 Å². The van der Waals surface area contributed by atoms with Crippen molar-refractivity contribution in [2.24, 2.45) is 5.92 Å². The van der Waals surface area contributed by atoms with E-state index in [4.69, 9.17) is 20.8 Å². The quantitative estimate of drug-likeness (QED) is 0.703. The molecule has 174 valence electrons. The number of carbonyl (C=O) groups excluding carboxylic acids is 1. The zero-order valence-corrected chi connectivity index (χ0v) is 19.5. The van der Waals surface area contributed by atoms with Gasteiger partial charge in [0.15, 0.2) is 12.2 Å². The summed E-state index contributed by atoms with van der Waals surface area (Å²) < 4.78 is 10.8. The number of aromatic nitrogens is 3. The average molecular weight is 465 g/mol. The lowest BCUT2D eigenvalue weighted by Gasteiger charge is -2.26. The maximum absolute atomic E-state index is 12.3. The molecule has 2 atom stereocenters. The number of β-amino-alcohol motifs (C(OH)–C–C–N with tert-alkyl or cyclic N) is 1. The lowest BCUT2D eigenvalue weighted by Crippen LogP contribution is -2.36. The Morgan fingerprint density at radius 2 is 2.16 bits per heavy atom. The molecule has 11 heteroatoms. The largest absolute Gasteiger partial charge is 0.448 e. The first-order chi connectivity index (χ1) is 15.1. The van der Waals surface area contributed by atoms with Crippen LogP contribution in [0.2, 0.25) is 5.02 Å². The predicted molar refractivity (Wildman–Crippen MR) is 119 cm³/mol. The number of halogens is 1. The van der Waals surface area contributed by atoms with Crippen LogP contribution in [-0.2, 0) is 17.7 Å². The predicted octanol–water partition coefficient (Wildman–Crippen LogP) is 2.63. The summed E-state index contributed by atoms with van der Waals surface area (Å²) in [6.45, 7) is 9.60. The van der Waals surface area contributed by atoms with Gasteiger partial charge in [0, 0.05) is 32.0 Å². The molecule has 0 aromatic carbocycles. The molecule has 0 spiro atoms. The van der Waals surface area contributed by atoms with E-state index >= 15 is 0 Å². The molecule has 1 saturated heterocycles. The number of hydrogen-bond acceptors (Lipinski definition) is 9. The molecule has 0 bridgehead atoms. The Bertz CT molecular complexity index is 991. The minimum atomic E-state index is -0.663. The van der Waals surface area contributed by atoms with Crippen molar-refractivity contribution >= 4 is 29.5 Å². The summed E-state index contributed by atoms with van der Waals surface area (Å²) in [6.07, 6.45) is 1.11. The molecular formula is C21H29ClN6O4. The van der Waals surface area contributed by atoms with Gasteiger partial charge in [-0.15, -0.1) is 0 Å². The highest BCUT2D eigenvalue weighted by atomic mass is 35.5. The molecule has 32 heavy (non-hydrogen) atoms. The minimum Gasteiger partial charge on any atom is -0.448 e. The fourth-order valence-electron chi connectivity index (χ4n) is 3.85. The fraction of sp³-hybridized carbons (Fsp3) is 0.619. The van der Waals surface area contributed by atoms with Crippen LogP contribution in [0.5, 0.6) is 0 Å². The van der Waals surface area contributed by atoms with Gasteiger partial charge < -0.3 is 29.4 Å². The third-order valence-electron chi connectivity index (χ3n) is 5.55. The molecule has 0 unspecified atom stereocenters. The molecule has 1 fully saturated rings. The van der Waals surface area contributed by atoms with E-state index in [1.807, 2.05) is 32.6 Å². The van der Waals surface area contributed by atoms with Gasteiger partial charge in [0.2, 0.25) is 5.95 Å². The van der Waals surface area contributed by atoms with E-state index in [2.05, 4.69) is 20.3 Å². The van der Waals surface area contributed by atoms with Gasteiger partial charge in [0.05, 0.1) is 24.9 Å². The zero-order chi connectivity index (χ0) is 23.0. The van der Waals surface area contributed by atoms with Crippen LogP contribution in [0.4, 0.5) is 16.6 Å². The second-order valence-corrected chi connectivity index (χ2v) is 9.64. The fourth-order valence-corrected chi connectivity index (χ4v) is 4.01. The van der Waals surface area contributed by atoms with Crippen molar-refractivity contribution in [2.45, 2.75) is 52.4 Å². The third-order valence-corrected chi connectivity index (χ3v) is 6.01. The second-order valence-electron chi connectivity index (χ2n) is 9.26. The van der Waals surface area contributed by atoms with E-state index in [-0.39, 0.29) is 12.5 Å².